The number of carbonyl (C=O) groups excluding carboxylic acids is 4. The number of carboxylic acid groups (broad SMARTS) is 1. The molecule has 0 aliphatic carbocycles. The summed E-state index contributed by atoms with van der Waals surface area (Å²) in [5, 5.41) is 47.1. The summed E-state index contributed by atoms with van der Waals surface area (Å²) in [5.41, 5.74) is 9.72. The number of benzene rings is 4. The topological polar surface area (TPSA) is 297 Å². The Morgan fingerprint density at radius 1 is 0.556 bits per heavy atom. The van der Waals surface area contributed by atoms with E-state index in [1.54, 1.807) is 13.8 Å². The van der Waals surface area contributed by atoms with Crippen molar-refractivity contribution < 1.29 is 106 Å². The number of hydrogen-bond acceptors (Lipinski definition) is 25. The van der Waals surface area contributed by atoms with Gasteiger partial charge in [-0.25, -0.2) is 14.5 Å². The largest absolute Gasteiger partial charge is 1.00 e. The molecule has 1 fully saturated rings. The number of nitrogens with zero attached hydrogens (tertiary/aromatic N) is 10. The maximum atomic E-state index is 11.3. The Morgan fingerprint density at radius 3 is 1.33 bits per heavy atom. The van der Waals surface area contributed by atoms with Crippen LogP contribution in [0.25, 0.3) is 14.5 Å². The van der Waals surface area contributed by atoms with Gasteiger partial charge in [0.2, 0.25) is 16.4 Å². The normalized spacial score (nSPS) is 11.5. The number of aliphatic hydroxyl groups is 1. The van der Waals surface area contributed by atoms with Crippen LogP contribution < -0.4 is 44.5 Å². The zero-order valence-electron chi connectivity index (χ0n) is 56.5. The number of aliphatic hydroxyl groups excluding tert-OH is 1. The van der Waals surface area contributed by atoms with Crippen molar-refractivity contribution in [1.82, 2.24) is 0 Å². The number of cyclic esters (lactones) is 2. The van der Waals surface area contributed by atoms with Gasteiger partial charge in [0.1, 0.15) is 22.7 Å². The number of esters is 3. The molecule has 3 heterocycles. The quantitative estimate of drug-likeness (QED) is 0.00932. The smallest absolute Gasteiger partial charge is 0.550 e. The summed E-state index contributed by atoms with van der Waals surface area (Å²) in [7, 11) is 0. The maximum Gasteiger partial charge on any atom is 1.00 e. The molecule has 26 nitrogen and oxygen atoms in total. The standard InChI is InChI=1S/C35H41N5O8S.C31H37N5O5S.C4H4O3.Na/c1-26-23-29(9-10-30(26)38-39-35-34(37-3)27(2)31(24-36)49-35)40(25-28-7-5-4-6-8-28)13-14-44-15-16-45-17-18-46-19-20-47-21-22-48-33(43)12-11-32(41)42;1-24-22-27(10-11-28(24)34-35-31-29(32-3)25(2)30(33-4)42-31)36(23-26-8-6-5-7-9-26)12-14-38-16-18-40-20-21-41-19-17-39-15-13-37;5-3-1-2-4(6)7-3;/h4-10,23H,11-22,25H2,1-2H3,(H,41,42);5-11,22,37H,12-21,23H2,1-2H3;1-2H2;/q;;;+1/p-1. The Morgan fingerprint density at radius 2 is 0.960 bits per heavy atom. The van der Waals surface area contributed by atoms with Gasteiger partial charge in [-0.2, -0.15) is 25.7 Å². The van der Waals surface area contributed by atoms with E-state index in [0.717, 1.165) is 29.0 Å². The van der Waals surface area contributed by atoms with Crippen LogP contribution >= 0.6 is 22.7 Å². The predicted molar refractivity (Wildman–Crippen MR) is 366 cm³/mol. The molecule has 2 aromatic heterocycles. The summed E-state index contributed by atoms with van der Waals surface area (Å²) >= 11 is 2.36. The van der Waals surface area contributed by atoms with Gasteiger partial charge in [0.15, 0.2) is 0 Å². The third-order valence-electron chi connectivity index (χ3n) is 13.9. The Labute approximate surface area is 607 Å². The van der Waals surface area contributed by atoms with Crippen molar-refractivity contribution in [3.05, 3.63) is 170 Å². The van der Waals surface area contributed by atoms with Crippen LogP contribution in [0.15, 0.2) is 118 Å². The third-order valence-corrected chi connectivity index (χ3v) is 16.0. The van der Waals surface area contributed by atoms with Crippen molar-refractivity contribution in [3.8, 4) is 6.07 Å². The number of anilines is 2. The van der Waals surface area contributed by atoms with Gasteiger partial charge in [-0.15, -0.1) is 22.7 Å². The molecule has 29 heteroatoms. The molecule has 520 valence electrons. The first-order valence-electron chi connectivity index (χ1n) is 31.4. The van der Waals surface area contributed by atoms with E-state index in [1.165, 1.54) is 33.8 Å². The van der Waals surface area contributed by atoms with E-state index in [9.17, 15) is 29.5 Å². The molecule has 0 saturated carbocycles. The van der Waals surface area contributed by atoms with Gasteiger partial charge in [0.05, 0.1) is 168 Å². The zero-order chi connectivity index (χ0) is 70.5. The molecule has 6 aromatic rings. The fraction of sp³-hybridized carbons (Fsp3) is 0.429. The van der Waals surface area contributed by atoms with Gasteiger partial charge in [-0.3, -0.25) is 14.4 Å². The number of thiophene rings is 2. The molecular weight excluding hydrogens is 1320 g/mol. The number of nitriles is 1. The van der Waals surface area contributed by atoms with Gasteiger partial charge < -0.3 is 72.2 Å². The Kier molecular flexibility index (Phi) is 41.4. The summed E-state index contributed by atoms with van der Waals surface area (Å²) in [6, 6.07) is 34.6. The van der Waals surface area contributed by atoms with Crippen molar-refractivity contribution >= 4 is 95.7 Å². The molecule has 1 N–H and O–H groups in total. The second kappa shape index (κ2) is 49.3. The van der Waals surface area contributed by atoms with E-state index >= 15 is 0 Å². The van der Waals surface area contributed by atoms with Gasteiger partial charge in [0, 0.05) is 43.5 Å². The Hall–Kier alpha value is -8.24. The molecule has 99 heavy (non-hydrogen) atoms. The second-order valence-corrected chi connectivity index (χ2v) is 23.0. The first kappa shape index (κ1) is 83.2. The first-order chi connectivity index (χ1) is 47.7. The van der Waals surface area contributed by atoms with Gasteiger partial charge in [-0.05, 0) is 97.0 Å². The summed E-state index contributed by atoms with van der Waals surface area (Å²) in [5.74, 6) is -2.69. The van der Waals surface area contributed by atoms with Crippen LogP contribution in [-0.2, 0) is 79.6 Å². The number of azo groups is 2. The van der Waals surface area contributed by atoms with E-state index in [1.807, 2.05) is 74.5 Å². The van der Waals surface area contributed by atoms with Gasteiger partial charge in [0.25, 0.3) is 0 Å². The van der Waals surface area contributed by atoms with Crippen molar-refractivity contribution in [2.45, 2.75) is 66.5 Å². The number of ether oxygens (including phenoxy) is 10. The molecule has 0 atom stereocenters. The number of hydrogen-bond donors (Lipinski definition) is 1. The molecule has 4 aromatic carbocycles. The van der Waals surface area contributed by atoms with Crippen molar-refractivity contribution in [2.75, 3.05) is 142 Å². The fourth-order valence-electron chi connectivity index (χ4n) is 8.74. The maximum absolute atomic E-state index is 11.3. The molecular formula is C70H81N10NaO16S2. The van der Waals surface area contributed by atoms with Crippen LogP contribution in [0, 0.1) is 58.7 Å². The van der Waals surface area contributed by atoms with Crippen molar-refractivity contribution in [1.29, 1.82) is 5.26 Å². The van der Waals surface area contributed by atoms with Crippen LogP contribution in [0.1, 0.15) is 63.9 Å². The summed E-state index contributed by atoms with van der Waals surface area (Å²) < 4.78 is 53.1. The van der Waals surface area contributed by atoms with Crippen molar-refractivity contribution in [2.24, 2.45) is 20.5 Å². The number of rotatable bonds is 42. The molecule has 0 spiro atoms. The minimum Gasteiger partial charge on any atom is -0.550 e. The molecule has 1 aliphatic rings. The Balaban J connectivity index is 0.000000381. The molecule has 0 bridgehead atoms. The predicted octanol–water partition coefficient (Wildman–Crippen LogP) is 9.15. The fourth-order valence-corrected chi connectivity index (χ4v) is 10.5. The molecule has 0 radical (unpaired) electrons. The van der Waals surface area contributed by atoms with Crippen LogP contribution in [0.3, 0.4) is 0 Å². The minimum absolute atomic E-state index is 0. The summed E-state index contributed by atoms with van der Waals surface area (Å²) in [6.07, 6.45) is -0.0551. The van der Waals surface area contributed by atoms with Crippen LogP contribution in [0.5, 0.6) is 0 Å². The molecule has 1 aliphatic heterocycles. The van der Waals surface area contributed by atoms with Crippen LogP contribution in [-0.4, -0.2) is 161 Å². The van der Waals surface area contributed by atoms with E-state index < -0.39 is 23.9 Å². The molecule has 0 amide bonds. The summed E-state index contributed by atoms with van der Waals surface area (Å²) in [6.45, 7) is 39.3. The van der Waals surface area contributed by atoms with Gasteiger partial charge >= 0.3 is 47.5 Å². The van der Waals surface area contributed by atoms with Crippen LogP contribution in [0.2, 0.25) is 0 Å². The second-order valence-electron chi connectivity index (χ2n) is 21.1. The Bertz CT molecular complexity index is 3670. The number of aryl methyl sites for hydroxylation is 2. The summed E-state index contributed by atoms with van der Waals surface area (Å²) in [4.78, 5) is 57.2. The number of aliphatic carboxylic acids is 1. The minimum atomic E-state index is -1.29. The molecule has 0 unspecified atom stereocenters. The van der Waals surface area contributed by atoms with E-state index in [-0.39, 0.29) is 75.1 Å². The zero-order valence-corrected chi connectivity index (χ0v) is 60.1. The van der Waals surface area contributed by atoms with Gasteiger partial charge in [-0.1, -0.05) is 67.6 Å². The average molecular weight is 1410 g/mol. The van der Waals surface area contributed by atoms with E-state index in [0.29, 0.717) is 172 Å². The van der Waals surface area contributed by atoms with E-state index in [4.69, 9.17) is 67.5 Å². The first-order valence-corrected chi connectivity index (χ1v) is 33.0. The third kappa shape index (κ3) is 32.1. The number of carboxylic acids is 1. The van der Waals surface area contributed by atoms with Crippen LogP contribution in [0.4, 0.5) is 49.1 Å². The van der Waals surface area contributed by atoms with Crippen molar-refractivity contribution in [3.63, 3.8) is 0 Å². The average Bonchev–Trinajstić information content (AvgIpc) is 1.56. The SMILES string of the molecule is O=C1CCC(=O)O1.[C-]#[N+]c1c(N=Nc2ccc(N(CCOCCOCCOCCOCCOC(=O)CCC(=O)[O-])Cc3ccccc3)cc2C)sc(C#N)c1C.[C-]#[N+]c1sc(N=Nc2ccc(N(CCOCCOCCOCCOCCO)Cc3ccccc3)cc2C)c([N+]#[C-])c1C.[Na+]. The van der Waals surface area contributed by atoms with E-state index in [2.05, 4.69) is 92.0 Å². The number of carbonyl (C=O) groups is 4. The molecule has 1 saturated heterocycles. The molecule has 7 rings (SSSR count). The monoisotopic (exact) mass is 1400 g/mol.